The van der Waals surface area contributed by atoms with Crippen molar-refractivity contribution in [1.29, 1.82) is 0 Å². The smallest absolute Gasteiger partial charge is 0.331 e. The third-order valence-electron chi connectivity index (χ3n) is 15.4. The minimum absolute atomic E-state index is 0.0322. The van der Waals surface area contributed by atoms with Gasteiger partial charge in [0.15, 0.2) is 41.5 Å². The summed E-state index contributed by atoms with van der Waals surface area (Å²) in [4.78, 5) is 25.6. The van der Waals surface area contributed by atoms with Crippen LogP contribution in [0, 0.1) is 0 Å². The van der Waals surface area contributed by atoms with Gasteiger partial charge in [0.1, 0.15) is 121 Å². The highest BCUT2D eigenvalue weighted by Crippen LogP contribution is 2.48. The van der Waals surface area contributed by atoms with Gasteiger partial charge < -0.3 is 143 Å². The molecule has 0 radical (unpaired) electrons. The minimum Gasteiger partial charge on any atom is -0.508 e. The van der Waals surface area contributed by atoms with E-state index in [0.717, 1.165) is 18.2 Å². The molecule has 5 heterocycles. The van der Waals surface area contributed by atoms with Crippen molar-refractivity contribution >= 4 is 30.2 Å². The van der Waals surface area contributed by atoms with Crippen LogP contribution in [0.2, 0.25) is 0 Å². The molecule has 4 aromatic carbocycles. The van der Waals surface area contributed by atoms with Crippen LogP contribution < -0.4 is 28.4 Å². The Hall–Kier alpha value is -7.64. The number of phenolic OH excluding ortho intramolecular Hbond substituents is 3. The highest BCUT2D eigenvalue weighted by molar-refractivity contribution is 5.88. The monoisotopic (exact) mass is 1290 g/mol. The summed E-state index contributed by atoms with van der Waals surface area (Å²) in [5.74, 6) is -3.35. The van der Waals surface area contributed by atoms with Crippen molar-refractivity contribution in [1.82, 2.24) is 0 Å². The molecule has 4 saturated heterocycles. The average molecular weight is 1290 g/mol. The van der Waals surface area contributed by atoms with Crippen LogP contribution in [-0.2, 0) is 47.5 Å². The molecule has 9 rings (SSSR count). The van der Waals surface area contributed by atoms with Crippen LogP contribution in [0.3, 0.4) is 0 Å². The Morgan fingerprint density at radius 1 is 0.527 bits per heavy atom. The highest BCUT2D eigenvalue weighted by atomic mass is 16.7. The fourth-order valence-corrected chi connectivity index (χ4v) is 10.2. The number of hydrogen-bond acceptors (Lipinski definition) is 31. The van der Waals surface area contributed by atoms with E-state index >= 15 is 0 Å². The Labute approximate surface area is 516 Å². The molecule has 496 valence electrons. The number of ether oxygens (including phenoxy) is 14. The number of carbonyl (C=O) groups excluding carboxylic acids is 2. The maximum atomic E-state index is 13.1. The molecule has 31 nitrogen and oxygen atoms in total. The second kappa shape index (κ2) is 29.3. The van der Waals surface area contributed by atoms with Crippen molar-refractivity contribution in [2.75, 3.05) is 41.2 Å². The minimum atomic E-state index is -2.02. The van der Waals surface area contributed by atoms with Gasteiger partial charge in [-0.05, 0) is 72.7 Å². The van der Waals surface area contributed by atoms with E-state index in [-0.39, 0.29) is 57.1 Å². The van der Waals surface area contributed by atoms with Crippen LogP contribution in [0.5, 0.6) is 51.7 Å². The van der Waals surface area contributed by atoms with Gasteiger partial charge in [-0.25, -0.2) is 9.59 Å². The number of aliphatic hydroxyl groups excluding tert-OH is 12. The number of fused-ring (bicyclic) bond motifs is 1. The number of carbonyl (C=O) groups is 2. The van der Waals surface area contributed by atoms with Crippen molar-refractivity contribution in [3.05, 3.63) is 107 Å². The van der Waals surface area contributed by atoms with E-state index in [2.05, 4.69) is 0 Å². The van der Waals surface area contributed by atoms with E-state index in [9.17, 15) is 86.2 Å². The maximum Gasteiger partial charge on any atom is 0.331 e. The summed E-state index contributed by atoms with van der Waals surface area (Å²) in [7, 11) is 3.88. The summed E-state index contributed by atoms with van der Waals surface area (Å²) >= 11 is 0. The molecule has 91 heavy (non-hydrogen) atoms. The first-order chi connectivity index (χ1) is 43.4. The first-order valence-electron chi connectivity index (χ1n) is 28.2. The lowest BCUT2D eigenvalue weighted by molar-refractivity contribution is -0.325. The lowest BCUT2D eigenvalue weighted by atomic mass is 9.97. The molecule has 0 spiro atoms. The first-order valence-corrected chi connectivity index (χ1v) is 28.2. The fraction of sp³-hybridized carbons (Fsp3) is 0.467. The van der Waals surface area contributed by atoms with Gasteiger partial charge in [0.25, 0.3) is 0 Å². The van der Waals surface area contributed by atoms with E-state index in [0.29, 0.717) is 11.1 Å². The zero-order chi connectivity index (χ0) is 65.7. The number of aliphatic hydroxyl groups is 12. The molecule has 0 saturated carbocycles. The average Bonchev–Trinajstić information content (AvgIpc) is 0.794. The molecule has 5 aliphatic rings. The zero-order valence-corrected chi connectivity index (χ0v) is 48.7. The quantitative estimate of drug-likeness (QED) is 0.0313. The molecule has 0 aromatic heterocycles. The van der Waals surface area contributed by atoms with Gasteiger partial charge in [-0.1, -0.05) is 18.2 Å². The van der Waals surface area contributed by atoms with E-state index in [1.165, 1.54) is 107 Å². The topological polar surface area (TPSA) is 467 Å². The first kappa shape index (κ1) is 67.7. The summed E-state index contributed by atoms with van der Waals surface area (Å²) < 4.78 is 79.4. The molecule has 4 aromatic rings. The summed E-state index contributed by atoms with van der Waals surface area (Å²) in [5, 5.41) is 161. The van der Waals surface area contributed by atoms with Gasteiger partial charge in [0.05, 0.1) is 46.2 Å². The van der Waals surface area contributed by atoms with Crippen LogP contribution in [-0.4, -0.2) is 253 Å². The van der Waals surface area contributed by atoms with Crippen LogP contribution in [0.15, 0.2) is 84.6 Å². The van der Waals surface area contributed by atoms with Gasteiger partial charge in [-0.2, -0.15) is 0 Å². The fourth-order valence-electron chi connectivity index (χ4n) is 10.2. The molecule has 1 unspecified atom stereocenters. The Balaban J connectivity index is 0.812. The van der Waals surface area contributed by atoms with E-state index in [1.807, 2.05) is 0 Å². The van der Waals surface area contributed by atoms with Gasteiger partial charge in [0.2, 0.25) is 24.6 Å². The second-order valence-corrected chi connectivity index (χ2v) is 21.5. The summed E-state index contributed by atoms with van der Waals surface area (Å²) in [6.45, 7) is -0.658. The van der Waals surface area contributed by atoms with Crippen molar-refractivity contribution in [3.63, 3.8) is 0 Å². The van der Waals surface area contributed by atoms with Crippen LogP contribution in [0.25, 0.3) is 18.2 Å². The molecule has 0 aliphatic carbocycles. The van der Waals surface area contributed by atoms with Crippen LogP contribution in [0.1, 0.15) is 35.3 Å². The van der Waals surface area contributed by atoms with E-state index in [4.69, 9.17) is 66.3 Å². The Kier molecular flexibility index (Phi) is 21.8. The normalized spacial score (nSPS) is 33.2. The third-order valence-corrected chi connectivity index (χ3v) is 15.4. The lowest BCUT2D eigenvalue weighted by Crippen LogP contribution is -2.61. The highest BCUT2D eigenvalue weighted by Gasteiger charge is 2.51. The Morgan fingerprint density at radius 3 is 1.68 bits per heavy atom. The van der Waals surface area contributed by atoms with Gasteiger partial charge in [0, 0.05) is 29.8 Å². The van der Waals surface area contributed by atoms with Crippen LogP contribution in [0.4, 0.5) is 0 Å². The molecule has 5 aliphatic heterocycles. The predicted molar refractivity (Wildman–Crippen MR) is 302 cm³/mol. The Bertz CT molecular complexity index is 3220. The molecular weight excluding hydrogens is 1220 g/mol. The summed E-state index contributed by atoms with van der Waals surface area (Å²) in [6, 6.07) is 15.1. The molecule has 21 atom stereocenters. The molecule has 4 fully saturated rings. The van der Waals surface area contributed by atoms with E-state index in [1.54, 1.807) is 0 Å². The third kappa shape index (κ3) is 15.2. The Morgan fingerprint density at radius 2 is 1.07 bits per heavy atom. The standard InChI is InChI=1S/C60H70O31/c1-24-55(91-42(65)14-8-25-5-10-29(11-6-25)84-58-51(74)48(71)45(68)39(89-58)22-81-41(64)13-9-26-7-12-31(63)34(15-26)78-2)50(73)54(77)57(83-24)82-23-40-46(69)49(72)53(76)60(90-40)87-37-20-30-32(85-56(37)27-16-35(79-3)43(66)36(17-27)80-4)18-28(62)19-33(30)86-59-52(75)47(70)44(67)38(21-61)88-59/h5-20,24,38-40,44-63,66-77H,21-23H2,1-4H3/b13-9+,14-8+/t24-,38+,39+,40+,44+,45+,46+,47-,48-,49-,50-,51+,52+,53+,54+,55-,56?,57+,58+,59-,60+/m0/s1. The predicted octanol–water partition coefficient (Wildman–Crippen LogP) is -2.14. The largest absolute Gasteiger partial charge is 0.508 e. The van der Waals surface area contributed by atoms with Gasteiger partial charge in [-0.3, -0.25) is 0 Å². The summed E-state index contributed by atoms with van der Waals surface area (Å²) in [6.07, 6.45) is -29.5. The lowest BCUT2D eigenvalue weighted by Gasteiger charge is -2.43. The number of benzene rings is 4. The number of aromatic hydroxyl groups is 3. The molecule has 15 N–H and O–H groups in total. The molecule has 31 heteroatoms. The molecular formula is C60H70O31. The van der Waals surface area contributed by atoms with Crippen LogP contribution >= 0.6 is 0 Å². The molecule has 0 amide bonds. The maximum absolute atomic E-state index is 13.1. The number of rotatable bonds is 21. The SMILES string of the molecule is COc1cc(/C=C/C(=O)OC[C@H]2O[C@@H](Oc3ccc(/C=C/C(=O)O[C@@H]4[C@@H](O)[C@@H](O)[C@H](OC[C@H]5O[C@@H](OC6=Cc7c(cc(O)cc7O[C@H]7O[C@H](CO)[C@@H](O)[C@H](O)[C@H]7O)OC6c6cc(OC)c(O)c(OC)c6)[C@H](O)[C@@H](O)[C@@H]5O)O[C@H]4C)cc3)[C@H](O)[C@@H](O)[C@@H]2O)ccc1O. The van der Waals surface area contributed by atoms with Crippen molar-refractivity contribution < 1.29 is 153 Å². The summed E-state index contributed by atoms with van der Waals surface area (Å²) in [5.41, 5.74) is 1.03. The van der Waals surface area contributed by atoms with Gasteiger partial charge >= 0.3 is 11.9 Å². The number of phenols is 3. The van der Waals surface area contributed by atoms with Crippen molar-refractivity contribution in [2.24, 2.45) is 0 Å². The van der Waals surface area contributed by atoms with Crippen molar-refractivity contribution in [2.45, 2.75) is 136 Å². The number of esters is 2. The number of hydrogen-bond donors (Lipinski definition) is 15. The van der Waals surface area contributed by atoms with E-state index < -0.39 is 172 Å². The second-order valence-electron chi connectivity index (χ2n) is 21.5. The number of methoxy groups -OCH3 is 3. The zero-order valence-electron chi connectivity index (χ0n) is 48.7. The van der Waals surface area contributed by atoms with Gasteiger partial charge in [-0.15, -0.1) is 0 Å². The molecule has 0 bridgehead atoms. The van der Waals surface area contributed by atoms with Crippen molar-refractivity contribution in [3.8, 4) is 51.7 Å².